The molecule has 0 aliphatic rings. The largest absolute Gasteiger partial charge is 0.444 e. The summed E-state index contributed by atoms with van der Waals surface area (Å²) in [6.07, 6.45) is 1.82. The van der Waals surface area contributed by atoms with Crippen molar-refractivity contribution in [1.29, 1.82) is 0 Å². The van der Waals surface area contributed by atoms with Crippen molar-refractivity contribution in [2.24, 2.45) is 0 Å². The van der Waals surface area contributed by atoms with Crippen LogP contribution in [0.5, 0.6) is 0 Å². The molecule has 0 fully saturated rings. The van der Waals surface area contributed by atoms with E-state index in [1.54, 1.807) is 16.8 Å². The van der Waals surface area contributed by atoms with Crippen molar-refractivity contribution in [1.82, 2.24) is 30.5 Å². The lowest BCUT2D eigenvalue weighted by atomic mass is 10.4. The van der Waals surface area contributed by atoms with Gasteiger partial charge in [0.05, 0.1) is 11.9 Å². The zero-order valence-corrected chi connectivity index (χ0v) is 12.2. The first kappa shape index (κ1) is 13.0. The van der Waals surface area contributed by atoms with Crippen molar-refractivity contribution in [3.63, 3.8) is 0 Å². The van der Waals surface area contributed by atoms with Gasteiger partial charge in [-0.15, -0.1) is 15.3 Å². The summed E-state index contributed by atoms with van der Waals surface area (Å²) in [7, 11) is 1.85. The summed E-state index contributed by atoms with van der Waals surface area (Å²) >= 11 is 3.22. The van der Waals surface area contributed by atoms with Gasteiger partial charge in [-0.2, -0.15) is 0 Å². The Hall–Kier alpha value is -2.00. The number of hydrogen-bond donors (Lipinski definition) is 1. The number of rotatable bonds is 5. The summed E-state index contributed by atoms with van der Waals surface area (Å²) < 4.78 is 13.1. The van der Waals surface area contributed by atoms with E-state index in [0.717, 1.165) is 5.69 Å². The molecule has 0 spiro atoms. The van der Waals surface area contributed by atoms with Crippen LogP contribution in [0.4, 0.5) is 0 Å². The van der Waals surface area contributed by atoms with Crippen molar-refractivity contribution >= 4 is 15.9 Å². The summed E-state index contributed by atoms with van der Waals surface area (Å²) in [5.74, 6) is 1.29. The fraction of sp³-hybridized carbons (Fsp3) is 0.273. The normalized spacial score (nSPS) is 11.1. The molecule has 0 aliphatic carbocycles. The van der Waals surface area contributed by atoms with Crippen LogP contribution in [0.15, 0.2) is 31.8 Å². The van der Waals surface area contributed by atoms with Gasteiger partial charge in [0.1, 0.15) is 6.54 Å². The zero-order chi connectivity index (χ0) is 13.9. The van der Waals surface area contributed by atoms with E-state index in [9.17, 15) is 0 Å². The summed E-state index contributed by atoms with van der Waals surface area (Å²) in [6.45, 7) is 1.03. The first-order chi connectivity index (χ1) is 9.74. The predicted molar refractivity (Wildman–Crippen MR) is 71.6 cm³/mol. The standard InChI is InChI=1S/C11H11BrN6O2/c1-13-4-7-5-18(17-14-7)6-10-15-16-11(20-10)8-2-3-9(12)19-8/h2-3,5,13H,4,6H2,1H3. The molecule has 1 N–H and O–H groups in total. The Morgan fingerprint density at radius 1 is 1.25 bits per heavy atom. The fourth-order valence-corrected chi connectivity index (χ4v) is 1.97. The van der Waals surface area contributed by atoms with Crippen LogP contribution < -0.4 is 5.32 Å². The Bertz CT molecular complexity index is 703. The number of furan rings is 1. The van der Waals surface area contributed by atoms with E-state index < -0.39 is 0 Å². The highest BCUT2D eigenvalue weighted by atomic mass is 79.9. The van der Waals surface area contributed by atoms with E-state index >= 15 is 0 Å². The van der Waals surface area contributed by atoms with Crippen LogP contribution in [-0.2, 0) is 13.1 Å². The maximum Gasteiger partial charge on any atom is 0.283 e. The van der Waals surface area contributed by atoms with Gasteiger partial charge in [-0.25, -0.2) is 4.68 Å². The quantitative estimate of drug-likeness (QED) is 0.752. The molecule has 0 atom stereocenters. The second kappa shape index (κ2) is 5.55. The summed E-state index contributed by atoms with van der Waals surface area (Å²) in [5.41, 5.74) is 0.849. The third kappa shape index (κ3) is 2.78. The Kier molecular flexibility index (Phi) is 3.61. The SMILES string of the molecule is CNCc1cn(Cc2nnc(-c3ccc(Br)o3)o2)nn1. The number of halogens is 1. The highest BCUT2D eigenvalue weighted by Crippen LogP contribution is 2.23. The van der Waals surface area contributed by atoms with Gasteiger partial charge in [0.2, 0.25) is 5.89 Å². The molecule has 0 bridgehead atoms. The molecule has 104 valence electrons. The van der Waals surface area contributed by atoms with E-state index in [1.807, 2.05) is 13.2 Å². The van der Waals surface area contributed by atoms with Crippen molar-refractivity contribution in [3.05, 3.63) is 34.6 Å². The van der Waals surface area contributed by atoms with E-state index in [0.29, 0.717) is 35.3 Å². The van der Waals surface area contributed by atoms with Crippen molar-refractivity contribution in [2.75, 3.05) is 7.05 Å². The highest BCUT2D eigenvalue weighted by Gasteiger charge is 2.13. The topological polar surface area (TPSA) is 94.8 Å². The van der Waals surface area contributed by atoms with Crippen LogP contribution in [-0.4, -0.2) is 32.2 Å². The number of hydrogen-bond acceptors (Lipinski definition) is 7. The minimum absolute atomic E-state index is 0.335. The monoisotopic (exact) mass is 338 g/mol. The smallest absolute Gasteiger partial charge is 0.283 e. The van der Waals surface area contributed by atoms with Gasteiger partial charge in [-0.1, -0.05) is 5.21 Å². The van der Waals surface area contributed by atoms with Crippen LogP contribution in [0.2, 0.25) is 0 Å². The molecule has 3 aromatic heterocycles. The second-order valence-corrected chi connectivity index (χ2v) is 4.82. The molecular weight excluding hydrogens is 328 g/mol. The van der Waals surface area contributed by atoms with Gasteiger partial charge < -0.3 is 14.2 Å². The average molecular weight is 339 g/mol. The number of aromatic nitrogens is 5. The first-order valence-corrected chi connectivity index (χ1v) is 6.65. The minimum atomic E-state index is 0.335. The summed E-state index contributed by atoms with van der Waals surface area (Å²) in [4.78, 5) is 0. The van der Waals surface area contributed by atoms with E-state index in [-0.39, 0.29) is 0 Å². The van der Waals surface area contributed by atoms with Gasteiger partial charge in [-0.05, 0) is 35.1 Å². The molecule has 3 rings (SSSR count). The maximum absolute atomic E-state index is 5.52. The predicted octanol–water partition coefficient (Wildman–Crippen LogP) is 1.45. The van der Waals surface area contributed by atoms with E-state index in [4.69, 9.17) is 8.83 Å². The molecule has 3 heterocycles. The molecule has 3 aromatic rings. The van der Waals surface area contributed by atoms with Gasteiger partial charge in [0.25, 0.3) is 5.89 Å². The van der Waals surface area contributed by atoms with Crippen LogP contribution in [0.25, 0.3) is 11.7 Å². The number of nitrogens with zero attached hydrogens (tertiary/aromatic N) is 5. The lowest BCUT2D eigenvalue weighted by Crippen LogP contribution is -2.05. The van der Waals surface area contributed by atoms with Crippen LogP contribution >= 0.6 is 15.9 Å². The second-order valence-electron chi connectivity index (χ2n) is 4.04. The van der Waals surface area contributed by atoms with Gasteiger partial charge in [0.15, 0.2) is 10.4 Å². The molecule has 20 heavy (non-hydrogen) atoms. The Morgan fingerprint density at radius 3 is 2.90 bits per heavy atom. The maximum atomic E-state index is 5.52. The molecule has 0 aliphatic heterocycles. The summed E-state index contributed by atoms with van der Waals surface area (Å²) in [5, 5.41) is 18.9. The number of nitrogens with one attached hydrogen (secondary N) is 1. The third-order valence-electron chi connectivity index (χ3n) is 2.49. The first-order valence-electron chi connectivity index (χ1n) is 5.86. The van der Waals surface area contributed by atoms with Gasteiger partial charge in [0, 0.05) is 6.54 Å². The molecule has 0 saturated carbocycles. The molecule has 0 aromatic carbocycles. The lowest BCUT2D eigenvalue weighted by Gasteiger charge is -1.93. The Labute approximate surface area is 122 Å². The van der Waals surface area contributed by atoms with Crippen LogP contribution in [0, 0.1) is 0 Å². The molecule has 0 amide bonds. The fourth-order valence-electron chi connectivity index (χ4n) is 1.66. The van der Waals surface area contributed by atoms with Crippen molar-refractivity contribution in [2.45, 2.75) is 13.1 Å². The van der Waals surface area contributed by atoms with E-state index in [2.05, 4.69) is 41.8 Å². The molecule has 0 saturated heterocycles. The molecule has 9 heteroatoms. The van der Waals surface area contributed by atoms with Gasteiger partial charge in [-0.3, -0.25) is 0 Å². The average Bonchev–Trinajstić information content (AvgIpc) is 3.12. The third-order valence-corrected chi connectivity index (χ3v) is 2.92. The van der Waals surface area contributed by atoms with Crippen molar-refractivity contribution in [3.8, 4) is 11.7 Å². The summed E-state index contributed by atoms with van der Waals surface area (Å²) in [6, 6.07) is 3.52. The Balaban J connectivity index is 1.73. The van der Waals surface area contributed by atoms with Crippen LogP contribution in [0.1, 0.15) is 11.6 Å². The zero-order valence-electron chi connectivity index (χ0n) is 10.6. The highest BCUT2D eigenvalue weighted by molar-refractivity contribution is 9.10. The molecule has 8 nitrogen and oxygen atoms in total. The molecular formula is C11H11BrN6O2. The molecule has 0 unspecified atom stereocenters. The van der Waals surface area contributed by atoms with Gasteiger partial charge >= 0.3 is 0 Å². The molecule has 0 radical (unpaired) electrons. The minimum Gasteiger partial charge on any atom is -0.444 e. The van der Waals surface area contributed by atoms with Crippen LogP contribution in [0.3, 0.4) is 0 Å². The lowest BCUT2D eigenvalue weighted by molar-refractivity contribution is 0.451. The van der Waals surface area contributed by atoms with E-state index in [1.165, 1.54) is 0 Å². The Morgan fingerprint density at radius 2 is 2.15 bits per heavy atom. The van der Waals surface area contributed by atoms with Crippen molar-refractivity contribution < 1.29 is 8.83 Å².